The molecule has 1 saturated carbocycles. The van der Waals surface area contributed by atoms with Crippen molar-refractivity contribution in [3.8, 4) is 10.6 Å². The molecule has 4 rings (SSSR count). The largest absolute Gasteiger partial charge is 0.458 e. The topological polar surface area (TPSA) is 88.6 Å². The number of ether oxygens (including phenoxy) is 1. The molecule has 1 aliphatic heterocycles. The van der Waals surface area contributed by atoms with Gasteiger partial charge in [-0.3, -0.25) is 14.5 Å². The third kappa shape index (κ3) is 3.12. The van der Waals surface area contributed by atoms with E-state index >= 15 is 0 Å². The van der Waals surface area contributed by atoms with E-state index in [-0.39, 0.29) is 19.1 Å². The Morgan fingerprint density at radius 2 is 2.12 bits per heavy atom. The van der Waals surface area contributed by atoms with Crippen molar-refractivity contribution < 1.29 is 19.1 Å². The molecule has 3 amide bonds. The molecule has 1 N–H and O–H groups in total. The van der Waals surface area contributed by atoms with Gasteiger partial charge in [0.1, 0.15) is 23.7 Å². The number of urea groups is 1. The predicted molar refractivity (Wildman–Crippen MR) is 96.7 cm³/mol. The fourth-order valence-electron chi connectivity index (χ4n) is 3.36. The number of hydrogen-bond acceptors (Lipinski definition) is 7. The molecule has 0 radical (unpaired) electrons. The van der Waals surface area contributed by atoms with Gasteiger partial charge in [0.05, 0.1) is 5.69 Å². The predicted octanol–water partition coefficient (Wildman–Crippen LogP) is 2.78. The van der Waals surface area contributed by atoms with Crippen molar-refractivity contribution >= 4 is 40.6 Å². The lowest BCUT2D eigenvalue weighted by molar-refractivity contribution is -0.148. The first-order valence-corrected chi connectivity index (χ1v) is 10.2. The molecule has 0 atom stereocenters. The van der Waals surface area contributed by atoms with Crippen LogP contribution in [0.3, 0.4) is 0 Å². The summed E-state index contributed by atoms with van der Waals surface area (Å²) in [6.45, 7) is -0.345. The first kappa shape index (κ1) is 17.2. The van der Waals surface area contributed by atoms with Crippen LogP contribution in [0.1, 0.15) is 31.4 Å². The highest BCUT2D eigenvalue weighted by Gasteiger charge is 2.52. The average Bonchev–Trinajstić information content (AvgIpc) is 3.40. The number of amides is 3. The van der Waals surface area contributed by atoms with E-state index in [4.69, 9.17) is 4.74 Å². The Morgan fingerprint density at radius 3 is 2.85 bits per heavy atom. The van der Waals surface area contributed by atoms with Crippen LogP contribution in [0.25, 0.3) is 10.6 Å². The summed E-state index contributed by atoms with van der Waals surface area (Å²) < 4.78 is 5.20. The quantitative estimate of drug-likeness (QED) is 0.625. The number of nitrogens with zero attached hydrogens (tertiary/aromatic N) is 2. The Hall–Kier alpha value is -2.26. The molecular weight excluding hydrogens is 374 g/mol. The number of hydrogen-bond donors (Lipinski definition) is 1. The van der Waals surface area contributed by atoms with E-state index in [9.17, 15) is 14.4 Å². The second-order valence-corrected chi connectivity index (χ2v) is 8.07. The number of esters is 1. The van der Waals surface area contributed by atoms with Crippen LogP contribution in [0.5, 0.6) is 0 Å². The lowest BCUT2D eigenvalue weighted by Crippen LogP contribution is -2.44. The fraction of sp³-hybridized carbons (Fsp3) is 0.412. The van der Waals surface area contributed by atoms with Crippen molar-refractivity contribution in [1.82, 2.24) is 15.2 Å². The van der Waals surface area contributed by atoms with Crippen LogP contribution in [0.2, 0.25) is 0 Å². The van der Waals surface area contributed by atoms with Crippen LogP contribution in [-0.2, 0) is 20.9 Å². The van der Waals surface area contributed by atoms with Crippen molar-refractivity contribution in [2.45, 2.75) is 37.8 Å². The minimum atomic E-state index is -0.804. The monoisotopic (exact) mass is 391 g/mol. The first-order valence-electron chi connectivity index (χ1n) is 8.34. The van der Waals surface area contributed by atoms with Gasteiger partial charge in [0.25, 0.3) is 5.91 Å². The molecular formula is C17H17N3O4S2. The van der Waals surface area contributed by atoms with Crippen LogP contribution in [0.4, 0.5) is 4.79 Å². The minimum Gasteiger partial charge on any atom is -0.458 e. The average molecular weight is 391 g/mol. The zero-order valence-corrected chi connectivity index (χ0v) is 15.5. The molecule has 1 aliphatic carbocycles. The summed E-state index contributed by atoms with van der Waals surface area (Å²) in [4.78, 5) is 42.1. The number of imide groups is 1. The van der Waals surface area contributed by atoms with Gasteiger partial charge in [0.15, 0.2) is 0 Å². The second-order valence-electron chi connectivity index (χ2n) is 6.43. The summed E-state index contributed by atoms with van der Waals surface area (Å²) in [5, 5.41) is 9.43. The molecule has 2 aromatic rings. The van der Waals surface area contributed by atoms with E-state index in [1.807, 2.05) is 22.2 Å². The van der Waals surface area contributed by atoms with Crippen LogP contribution in [-0.4, -0.2) is 39.9 Å². The first-order chi connectivity index (χ1) is 12.6. The number of nitrogens with one attached hydrogen (secondary N) is 1. The highest BCUT2D eigenvalue weighted by Crippen LogP contribution is 2.35. The van der Waals surface area contributed by atoms with Gasteiger partial charge in [-0.05, 0) is 24.3 Å². The lowest BCUT2D eigenvalue weighted by atomic mass is 9.98. The van der Waals surface area contributed by atoms with E-state index < -0.39 is 17.5 Å². The zero-order chi connectivity index (χ0) is 18.1. The molecule has 3 heterocycles. The summed E-state index contributed by atoms with van der Waals surface area (Å²) in [6, 6.07) is 1.47. The van der Waals surface area contributed by atoms with Crippen LogP contribution in [0, 0.1) is 0 Å². The van der Waals surface area contributed by atoms with Gasteiger partial charge < -0.3 is 10.1 Å². The molecule has 0 bridgehead atoms. The Morgan fingerprint density at radius 1 is 1.31 bits per heavy atom. The van der Waals surface area contributed by atoms with Gasteiger partial charge in [-0.15, -0.1) is 11.3 Å². The SMILES string of the molecule is O=C(CN1C(=O)NC2(CCCC2)C1=O)OCc1csc(-c2ccsc2)n1. The molecule has 1 spiro atoms. The van der Waals surface area contributed by atoms with Gasteiger partial charge in [-0.25, -0.2) is 9.78 Å². The number of thiophene rings is 1. The Labute approximate surface area is 158 Å². The third-order valence-electron chi connectivity index (χ3n) is 4.69. The highest BCUT2D eigenvalue weighted by molar-refractivity contribution is 7.14. The van der Waals surface area contributed by atoms with Gasteiger partial charge in [0.2, 0.25) is 0 Å². The van der Waals surface area contributed by atoms with E-state index in [2.05, 4.69) is 10.3 Å². The van der Waals surface area contributed by atoms with E-state index in [0.29, 0.717) is 18.5 Å². The van der Waals surface area contributed by atoms with E-state index in [0.717, 1.165) is 28.3 Å². The van der Waals surface area contributed by atoms with Crippen molar-refractivity contribution in [2.75, 3.05) is 6.54 Å². The molecule has 2 fully saturated rings. The number of carbonyl (C=O) groups is 3. The van der Waals surface area contributed by atoms with Crippen LogP contribution >= 0.6 is 22.7 Å². The van der Waals surface area contributed by atoms with Crippen molar-refractivity contribution in [3.05, 3.63) is 27.9 Å². The molecule has 0 unspecified atom stereocenters. The molecule has 0 aromatic carbocycles. The van der Waals surface area contributed by atoms with E-state index in [1.54, 1.807) is 11.3 Å². The maximum atomic E-state index is 12.5. The Bertz CT molecular complexity index is 840. The standard InChI is InChI=1S/C17H17N3O4S2/c21-13(7-20-15(22)17(19-16(20)23)4-1-2-5-17)24-8-12-10-26-14(18-12)11-3-6-25-9-11/h3,6,9-10H,1-2,4-5,7-8H2,(H,19,23). The third-order valence-corrected chi connectivity index (χ3v) is 6.31. The maximum Gasteiger partial charge on any atom is 0.326 e. The summed E-state index contributed by atoms with van der Waals surface area (Å²) in [5.41, 5.74) is 0.884. The van der Waals surface area contributed by atoms with Gasteiger partial charge in [-0.2, -0.15) is 11.3 Å². The van der Waals surface area contributed by atoms with Crippen molar-refractivity contribution in [3.63, 3.8) is 0 Å². The lowest BCUT2D eigenvalue weighted by Gasteiger charge is -2.19. The Kier molecular flexibility index (Phi) is 4.49. The smallest absolute Gasteiger partial charge is 0.326 e. The van der Waals surface area contributed by atoms with E-state index in [1.165, 1.54) is 11.3 Å². The molecule has 26 heavy (non-hydrogen) atoms. The summed E-state index contributed by atoms with van der Waals surface area (Å²) in [6.07, 6.45) is 3.07. The molecule has 2 aromatic heterocycles. The number of carbonyl (C=O) groups excluding carboxylic acids is 3. The normalized spacial score (nSPS) is 18.5. The van der Waals surface area contributed by atoms with Crippen molar-refractivity contribution in [2.24, 2.45) is 0 Å². The second kappa shape index (κ2) is 6.81. The maximum absolute atomic E-state index is 12.5. The molecule has 1 saturated heterocycles. The minimum absolute atomic E-state index is 0.0221. The van der Waals surface area contributed by atoms with Gasteiger partial charge in [0, 0.05) is 16.3 Å². The number of rotatable bonds is 5. The van der Waals surface area contributed by atoms with Crippen molar-refractivity contribution in [1.29, 1.82) is 0 Å². The number of thiazole rings is 1. The summed E-state index contributed by atoms with van der Waals surface area (Å²) >= 11 is 3.07. The van der Waals surface area contributed by atoms with Gasteiger partial charge >= 0.3 is 12.0 Å². The molecule has 2 aliphatic rings. The van der Waals surface area contributed by atoms with Crippen LogP contribution < -0.4 is 5.32 Å². The molecule has 9 heteroatoms. The molecule has 136 valence electrons. The summed E-state index contributed by atoms with van der Waals surface area (Å²) in [5.74, 6) is -0.931. The Balaban J connectivity index is 1.33. The molecule has 7 nitrogen and oxygen atoms in total. The van der Waals surface area contributed by atoms with Gasteiger partial charge in [-0.1, -0.05) is 12.8 Å². The highest BCUT2D eigenvalue weighted by atomic mass is 32.1. The zero-order valence-electron chi connectivity index (χ0n) is 13.9. The fourth-order valence-corrected chi connectivity index (χ4v) is 4.87. The van der Waals surface area contributed by atoms with Crippen LogP contribution in [0.15, 0.2) is 22.2 Å². The summed E-state index contributed by atoms with van der Waals surface area (Å²) in [7, 11) is 0. The number of aromatic nitrogens is 1.